The second-order valence-corrected chi connectivity index (χ2v) is 16.9. The topological polar surface area (TPSA) is 369 Å². The minimum absolute atomic E-state index is 0.00415. The molecule has 0 aromatic carbocycles. The lowest BCUT2D eigenvalue weighted by molar-refractivity contribution is -0.131. The fourth-order valence-corrected chi connectivity index (χ4v) is 6.39. The number of hydrogen-bond acceptors (Lipinski definition) is 17. The van der Waals surface area contributed by atoms with Gasteiger partial charge in [0, 0.05) is 70.8 Å². The largest absolute Gasteiger partial charge is 0.370 e. The first kappa shape index (κ1) is 66.9. The molecule has 0 aliphatic rings. The lowest BCUT2D eigenvalue weighted by Crippen LogP contribution is -2.51. The number of nitrogens with one attached hydrogen (secondary N) is 10. The molecule has 418 valence electrons. The van der Waals surface area contributed by atoms with Crippen LogP contribution >= 0.6 is 0 Å². The first-order valence-corrected chi connectivity index (χ1v) is 26.1. The predicted octanol–water partition coefficient (Wildman–Crippen LogP) is 0.973. The molecule has 73 heavy (non-hydrogen) atoms. The Balaban J connectivity index is 5.11. The van der Waals surface area contributed by atoms with Gasteiger partial charge in [0.1, 0.15) is 12.1 Å². The van der Waals surface area contributed by atoms with Gasteiger partial charge in [0.2, 0.25) is 41.4 Å². The number of rotatable bonds is 49. The predicted molar refractivity (Wildman–Crippen MR) is 281 cm³/mol. The van der Waals surface area contributed by atoms with Crippen molar-refractivity contribution in [2.75, 3.05) is 59.1 Å². The number of unbranched alkanes of at least 4 members (excludes halogenated alkanes) is 15. The Morgan fingerprint density at radius 2 is 0.781 bits per heavy atom. The van der Waals surface area contributed by atoms with E-state index < -0.39 is 59.4 Å². The highest BCUT2D eigenvalue weighted by atomic mass is 16.7. The Kier molecular flexibility index (Phi) is 45.3. The quantitative estimate of drug-likeness (QED) is 0.0175. The van der Waals surface area contributed by atoms with Crippen molar-refractivity contribution in [3.05, 3.63) is 0 Å². The summed E-state index contributed by atoms with van der Waals surface area (Å²) in [6.45, 7) is 5.78. The van der Waals surface area contributed by atoms with E-state index in [-0.39, 0.29) is 84.8 Å². The van der Waals surface area contributed by atoms with Crippen molar-refractivity contribution in [1.82, 2.24) is 54.0 Å². The van der Waals surface area contributed by atoms with E-state index in [0.717, 1.165) is 57.8 Å². The van der Waals surface area contributed by atoms with Gasteiger partial charge in [-0.15, -0.1) is 0 Å². The van der Waals surface area contributed by atoms with Crippen LogP contribution in [-0.4, -0.2) is 137 Å². The lowest BCUT2D eigenvalue weighted by atomic mass is 10.1. The molecule has 2 atom stereocenters. The molecule has 0 saturated carbocycles. The Bertz CT molecular complexity index is 1620. The van der Waals surface area contributed by atoms with Gasteiger partial charge in [-0.2, -0.15) is 32.1 Å². The zero-order chi connectivity index (χ0) is 53.8. The molecular weight excluding hydrogens is 949 g/mol. The average molecular weight is 1040 g/mol. The van der Waals surface area contributed by atoms with Crippen molar-refractivity contribution in [1.29, 1.82) is 0 Å². The smallest absolute Gasteiger partial charge is 0.248 e. The zero-order valence-electron chi connectivity index (χ0n) is 43.8. The molecule has 26 heteroatoms. The molecule has 0 saturated heterocycles. The molecule has 0 unspecified atom stereocenters. The minimum Gasteiger partial charge on any atom is -0.370 e. The van der Waals surface area contributed by atoms with Crippen LogP contribution in [0.3, 0.4) is 0 Å². The summed E-state index contributed by atoms with van der Waals surface area (Å²) in [6.07, 6.45) is 23.8. The Morgan fingerprint density at radius 1 is 0.438 bits per heavy atom. The number of hydrogen-bond donors (Lipinski definition) is 12. The van der Waals surface area contributed by atoms with Gasteiger partial charge in [-0.25, -0.2) is 19.5 Å². The van der Waals surface area contributed by atoms with Gasteiger partial charge >= 0.3 is 0 Å². The first-order valence-electron chi connectivity index (χ1n) is 26.1. The number of nitrogens with zero attached hydrogens (tertiary/aromatic N) is 4. The Hall–Kier alpha value is -6.15. The van der Waals surface area contributed by atoms with Crippen LogP contribution in [0, 0.1) is 0 Å². The van der Waals surface area contributed by atoms with Crippen LogP contribution in [0.15, 0.2) is 20.3 Å². The molecule has 0 bridgehead atoms. The molecule has 0 aliphatic heterocycles. The summed E-state index contributed by atoms with van der Waals surface area (Å²) in [4.78, 5) is 108. The van der Waals surface area contributed by atoms with Crippen LogP contribution in [0.4, 0.5) is 0 Å². The number of amides is 7. The van der Waals surface area contributed by atoms with Gasteiger partial charge in [-0.1, -0.05) is 97.8 Å². The number of carbonyl (C=O) groups is 7. The SMILES string of the molecule is CCCCCCC/C=N/NOCC(=O)NCCNC(=O)CC[C@H](N=C(N)N)C(=O)N[C@@H](CCC(=O)NCCNC(=O)CON/N=C/CCCCCCC)C(=O)NCCNC(=O)CON/N=C/CCCCCCC. The highest BCUT2D eigenvalue weighted by molar-refractivity contribution is 5.92. The summed E-state index contributed by atoms with van der Waals surface area (Å²) in [6, 6.07) is -2.58. The fourth-order valence-electron chi connectivity index (χ4n) is 6.39. The van der Waals surface area contributed by atoms with E-state index >= 15 is 0 Å². The number of nitrogens with two attached hydrogens (primary N) is 2. The molecule has 0 fully saturated rings. The number of carbonyl (C=O) groups excluding carboxylic acids is 7. The maximum atomic E-state index is 13.5. The molecule has 0 heterocycles. The molecule has 0 aromatic rings. The normalized spacial score (nSPS) is 11.9. The third kappa shape index (κ3) is 45.5. The van der Waals surface area contributed by atoms with Crippen molar-refractivity contribution >= 4 is 66.0 Å². The van der Waals surface area contributed by atoms with E-state index in [1.54, 1.807) is 18.6 Å². The van der Waals surface area contributed by atoms with Crippen LogP contribution in [0.2, 0.25) is 0 Å². The summed E-state index contributed by atoms with van der Waals surface area (Å²) < 4.78 is 0. The molecule has 26 nitrogen and oxygen atoms in total. The number of guanidine groups is 1. The second kappa shape index (κ2) is 49.4. The highest BCUT2D eigenvalue weighted by Crippen LogP contribution is 2.08. The fraction of sp³-hybridized carbons (Fsp3) is 0.766. The van der Waals surface area contributed by atoms with Gasteiger partial charge in [0.25, 0.3) is 0 Å². The monoisotopic (exact) mass is 1040 g/mol. The number of hydrazone groups is 3. The minimum atomic E-state index is -1.30. The van der Waals surface area contributed by atoms with Crippen molar-refractivity contribution in [2.45, 2.75) is 174 Å². The highest BCUT2D eigenvalue weighted by Gasteiger charge is 2.27. The second-order valence-electron chi connectivity index (χ2n) is 16.9. The summed E-state index contributed by atoms with van der Waals surface area (Å²) in [7, 11) is 0. The van der Waals surface area contributed by atoms with Gasteiger partial charge in [-0.05, 0) is 51.4 Å². The maximum absolute atomic E-state index is 13.5. The van der Waals surface area contributed by atoms with Crippen molar-refractivity contribution in [2.24, 2.45) is 31.8 Å². The van der Waals surface area contributed by atoms with Crippen LogP contribution in [0.1, 0.15) is 162 Å². The number of aliphatic imine (C=N–C) groups is 1. The molecule has 0 rings (SSSR count). The van der Waals surface area contributed by atoms with Gasteiger partial charge in [0.15, 0.2) is 25.8 Å². The molecule has 7 amide bonds. The van der Waals surface area contributed by atoms with Crippen molar-refractivity contribution in [3.8, 4) is 0 Å². The standard InChI is InChI=1S/C47H90N16O10/c1-4-7-10-13-16-19-26-56-61-71-35-42(66)52-31-29-50-40(64)24-22-38(45(69)55-34-33-54-44(68)37-73-63-58-28-21-18-15-12-9-6-3)59-46(70)39(60-47(48)49)23-25-41(65)51-30-32-53-43(67)36-72-62-57-27-20-17-14-11-8-5-2/h26-28,38-39,61-63H,4-25,29-37H2,1-3H3,(H,50,64)(H,51,65)(H,52,66)(H,53,67)(H,54,68)(H,55,69)(H,59,70)(H4,48,49,60)/b56-26+,57-27+,58-28+/t38-,39-/m0/s1. The van der Waals surface area contributed by atoms with Crippen molar-refractivity contribution in [3.63, 3.8) is 0 Å². The van der Waals surface area contributed by atoms with Crippen LogP contribution in [0.5, 0.6) is 0 Å². The molecular formula is C47H90N16O10. The van der Waals surface area contributed by atoms with E-state index in [0.29, 0.717) is 0 Å². The van der Waals surface area contributed by atoms with E-state index in [4.69, 9.17) is 26.0 Å². The van der Waals surface area contributed by atoms with Crippen LogP contribution in [0.25, 0.3) is 0 Å². The Morgan fingerprint density at radius 3 is 1.15 bits per heavy atom. The molecule has 0 aliphatic carbocycles. The third-order valence-electron chi connectivity index (χ3n) is 10.4. The van der Waals surface area contributed by atoms with E-state index in [2.05, 4.69) is 95.1 Å². The van der Waals surface area contributed by atoms with Crippen molar-refractivity contribution < 1.29 is 48.1 Å². The van der Waals surface area contributed by atoms with E-state index in [1.807, 2.05) is 0 Å². The van der Waals surface area contributed by atoms with Crippen LogP contribution in [-0.2, 0) is 48.1 Å². The Labute approximate surface area is 432 Å². The maximum Gasteiger partial charge on any atom is 0.248 e. The molecule has 0 spiro atoms. The lowest BCUT2D eigenvalue weighted by Gasteiger charge is -2.21. The first-order chi connectivity index (χ1) is 35.4. The summed E-state index contributed by atoms with van der Waals surface area (Å²) in [5, 5.41) is 30.0. The zero-order valence-corrected chi connectivity index (χ0v) is 43.8. The molecule has 0 radical (unpaired) electrons. The van der Waals surface area contributed by atoms with Gasteiger partial charge < -0.3 is 48.7 Å². The molecule has 0 aromatic heterocycles. The molecule has 14 N–H and O–H groups in total. The van der Waals surface area contributed by atoms with Gasteiger partial charge in [-0.3, -0.25) is 33.6 Å². The summed E-state index contributed by atoms with van der Waals surface area (Å²) >= 11 is 0. The summed E-state index contributed by atoms with van der Waals surface area (Å²) in [5.41, 5.74) is 18.3. The average Bonchev–Trinajstić information content (AvgIpc) is 3.37. The van der Waals surface area contributed by atoms with Gasteiger partial charge in [0.05, 0.1) is 0 Å². The van der Waals surface area contributed by atoms with Crippen LogP contribution < -0.4 is 65.5 Å². The third-order valence-corrected chi connectivity index (χ3v) is 10.4. The summed E-state index contributed by atoms with van der Waals surface area (Å²) in [5.74, 6) is -4.24. The van der Waals surface area contributed by atoms with E-state index in [9.17, 15) is 33.6 Å². The van der Waals surface area contributed by atoms with E-state index in [1.165, 1.54) is 57.8 Å².